The molecule has 3 aliphatic rings. The quantitative estimate of drug-likeness (QED) is 0.658. The van der Waals surface area contributed by atoms with Gasteiger partial charge in [-0.05, 0) is 20.3 Å². The van der Waals surface area contributed by atoms with E-state index in [4.69, 9.17) is 18.9 Å². The van der Waals surface area contributed by atoms with Crippen molar-refractivity contribution in [2.24, 2.45) is 0 Å². The van der Waals surface area contributed by atoms with Gasteiger partial charge in [-0.1, -0.05) is 0 Å². The van der Waals surface area contributed by atoms with Crippen LogP contribution in [0.5, 0.6) is 0 Å². The maximum absolute atomic E-state index is 11.7. The molecule has 90 valence electrons. The van der Waals surface area contributed by atoms with Crippen LogP contribution in [0.15, 0.2) is 0 Å². The van der Waals surface area contributed by atoms with Crippen molar-refractivity contribution in [2.75, 3.05) is 7.11 Å². The zero-order valence-corrected chi connectivity index (χ0v) is 9.69. The highest BCUT2D eigenvalue weighted by Crippen LogP contribution is 2.52. The summed E-state index contributed by atoms with van der Waals surface area (Å²) in [5.74, 6) is -0.584. The maximum atomic E-state index is 11.7. The predicted octanol–water partition coefficient (Wildman–Crippen LogP) is 0.611. The lowest BCUT2D eigenvalue weighted by molar-refractivity contribution is -0.230. The fourth-order valence-corrected chi connectivity index (χ4v) is 3.06. The van der Waals surface area contributed by atoms with Gasteiger partial charge in [-0.3, -0.25) is 4.79 Å². The van der Waals surface area contributed by atoms with Crippen molar-refractivity contribution < 1.29 is 23.7 Å². The molecule has 1 aliphatic carbocycles. The SMILES string of the molecule is COC1O[C@@H]2C(=O)CC[C@@]23OC(C)(C)O[C@@H]13. The van der Waals surface area contributed by atoms with E-state index in [1.54, 1.807) is 7.11 Å². The van der Waals surface area contributed by atoms with E-state index >= 15 is 0 Å². The topological polar surface area (TPSA) is 54.0 Å². The lowest BCUT2D eigenvalue weighted by Gasteiger charge is -2.25. The molecule has 5 nitrogen and oxygen atoms in total. The minimum Gasteiger partial charge on any atom is -0.353 e. The molecule has 1 spiro atoms. The van der Waals surface area contributed by atoms with Crippen LogP contribution in [0.4, 0.5) is 0 Å². The number of carbonyl (C=O) groups excluding carboxylic acids is 1. The number of rotatable bonds is 1. The average molecular weight is 228 g/mol. The third-order valence-electron chi connectivity index (χ3n) is 3.58. The molecule has 0 aromatic carbocycles. The number of hydrogen-bond donors (Lipinski definition) is 0. The Morgan fingerprint density at radius 3 is 2.88 bits per heavy atom. The van der Waals surface area contributed by atoms with Gasteiger partial charge in [0.25, 0.3) is 0 Å². The van der Waals surface area contributed by atoms with Crippen molar-refractivity contribution >= 4 is 5.78 Å². The molecule has 4 atom stereocenters. The van der Waals surface area contributed by atoms with Crippen LogP contribution in [0.2, 0.25) is 0 Å². The van der Waals surface area contributed by atoms with Crippen LogP contribution in [0.3, 0.4) is 0 Å². The van der Waals surface area contributed by atoms with Crippen LogP contribution >= 0.6 is 0 Å². The summed E-state index contributed by atoms with van der Waals surface area (Å²) >= 11 is 0. The molecule has 0 bridgehead atoms. The minimum atomic E-state index is -0.673. The Balaban J connectivity index is 1.99. The van der Waals surface area contributed by atoms with E-state index in [9.17, 15) is 4.79 Å². The Morgan fingerprint density at radius 2 is 2.19 bits per heavy atom. The van der Waals surface area contributed by atoms with Gasteiger partial charge in [0.15, 0.2) is 24.0 Å². The summed E-state index contributed by atoms with van der Waals surface area (Å²) < 4.78 is 22.5. The fraction of sp³-hybridized carbons (Fsp3) is 0.909. The number of Topliss-reactive ketones (excluding diaryl/α,β-unsaturated/α-hetero) is 1. The van der Waals surface area contributed by atoms with Crippen molar-refractivity contribution in [3.63, 3.8) is 0 Å². The molecule has 16 heavy (non-hydrogen) atoms. The second-order valence-corrected chi connectivity index (χ2v) is 5.08. The maximum Gasteiger partial charge on any atom is 0.187 e. The molecule has 3 rings (SSSR count). The molecular formula is C11H16O5. The van der Waals surface area contributed by atoms with E-state index in [1.165, 1.54) is 0 Å². The summed E-state index contributed by atoms with van der Waals surface area (Å²) in [6.45, 7) is 3.71. The molecule has 1 unspecified atom stereocenters. The van der Waals surface area contributed by atoms with Crippen molar-refractivity contribution in [1.29, 1.82) is 0 Å². The Hall–Kier alpha value is -0.490. The zero-order valence-electron chi connectivity index (χ0n) is 9.69. The normalized spacial score (nSPS) is 49.4. The van der Waals surface area contributed by atoms with Crippen LogP contribution in [-0.4, -0.2) is 42.8 Å². The Bertz CT molecular complexity index is 339. The first-order valence-corrected chi connectivity index (χ1v) is 5.57. The van der Waals surface area contributed by atoms with Crippen molar-refractivity contribution in [3.8, 4) is 0 Å². The van der Waals surface area contributed by atoms with Crippen LogP contribution in [0.1, 0.15) is 26.7 Å². The molecule has 1 saturated carbocycles. The van der Waals surface area contributed by atoms with E-state index in [1.807, 2.05) is 13.8 Å². The second kappa shape index (κ2) is 3.04. The van der Waals surface area contributed by atoms with Crippen LogP contribution in [0, 0.1) is 0 Å². The summed E-state index contributed by atoms with van der Waals surface area (Å²) in [6.07, 6.45) is -0.175. The van der Waals surface area contributed by atoms with Crippen molar-refractivity contribution in [1.82, 2.24) is 0 Å². The smallest absolute Gasteiger partial charge is 0.187 e. The van der Waals surface area contributed by atoms with E-state index in [0.29, 0.717) is 12.8 Å². The van der Waals surface area contributed by atoms with Gasteiger partial charge in [0.05, 0.1) is 0 Å². The van der Waals surface area contributed by atoms with E-state index < -0.39 is 23.8 Å². The summed E-state index contributed by atoms with van der Waals surface area (Å²) in [7, 11) is 1.55. The van der Waals surface area contributed by atoms with Crippen LogP contribution in [-0.2, 0) is 23.7 Å². The third kappa shape index (κ3) is 1.17. The largest absolute Gasteiger partial charge is 0.353 e. The molecule has 0 amide bonds. The fourth-order valence-electron chi connectivity index (χ4n) is 3.06. The molecule has 2 aliphatic heterocycles. The predicted molar refractivity (Wildman–Crippen MR) is 52.7 cm³/mol. The van der Waals surface area contributed by atoms with E-state index in [0.717, 1.165) is 0 Å². The summed E-state index contributed by atoms with van der Waals surface area (Å²) in [5, 5.41) is 0. The first-order chi connectivity index (χ1) is 7.48. The molecule has 0 aromatic heterocycles. The monoisotopic (exact) mass is 228 g/mol. The molecule has 3 fully saturated rings. The van der Waals surface area contributed by atoms with Gasteiger partial charge in [-0.25, -0.2) is 0 Å². The zero-order chi connectivity index (χ0) is 11.6. The van der Waals surface area contributed by atoms with E-state index in [2.05, 4.69) is 0 Å². The number of ketones is 1. The number of methoxy groups -OCH3 is 1. The standard InChI is InChI=1S/C11H16O5/c1-10(2)15-8-9(13-3)14-7-6(12)4-5-11(7,8)16-10/h7-9H,4-5H2,1-3H3/t7-,8+,9?,11-/m1/s1. The summed E-state index contributed by atoms with van der Waals surface area (Å²) in [5.41, 5.74) is -0.624. The number of hydrogen-bond acceptors (Lipinski definition) is 5. The van der Waals surface area contributed by atoms with Gasteiger partial charge in [-0.15, -0.1) is 0 Å². The lowest BCUT2D eigenvalue weighted by Crippen LogP contribution is -2.44. The first kappa shape index (κ1) is 10.7. The Morgan fingerprint density at radius 1 is 1.44 bits per heavy atom. The van der Waals surface area contributed by atoms with Gasteiger partial charge in [0, 0.05) is 13.5 Å². The third-order valence-corrected chi connectivity index (χ3v) is 3.58. The Kier molecular flexibility index (Phi) is 2.02. The highest BCUT2D eigenvalue weighted by Gasteiger charge is 2.70. The van der Waals surface area contributed by atoms with Crippen molar-refractivity contribution in [2.45, 2.75) is 56.6 Å². The lowest BCUT2D eigenvalue weighted by atomic mass is 9.95. The van der Waals surface area contributed by atoms with Gasteiger partial charge in [0.1, 0.15) is 11.7 Å². The van der Waals surface area contributed by atoms with E-state index in [-0.39, 0.29) is 11.9 Å². The average Bonchev–Trinajstić information content (AvgIpc) is 2.73. The number of ether oxygens (including phenoxy) is 4. The molecular weight excluding hydrogens is 212 g/mol. The van der Waals surface area contributed by atoms with Crippen LogP contribution in [0.25, 0.3) is 0 Å². The molecule has 2 saturated heterocycles. The molecule has 0 radical (unpaired) electrons. The molecule has 0 aromatic rings. The minimum absolute atomic E-state index is 0.0888. The highest BCUT2D eigenvalue weighted by molar-refractivity contribution is 5.88. The summed E-state index contributed by atoms with van der Waals surface area (Å²) in [6, 6.07) is 0. The van der Waals surface area contributed by atoms with Gasteiger partial charge < -0.3 is 18.9 Å². The molecule has 2 heterocycles. The molecule has 5 heteroatoms. The van der Waals surface area contributed by atoms with Crippen LogP contribution < -0.4 is 0 Å². The highest BCUT2D eigenvalue weighted by atomic mass is 16.8. The number of carbonyl (C=O) groups is 1. The van der Waals surface area contributed by atoms with Crippen molar-refractivity contribution in [3.05, 3.63) is 0 Å². The van der Waals surface area contributed by atoms with Gasteiger partial charge >= 0.3 is 0 Å². The molecule has 0 N–H and O–H groups in total. The Labute approximate surface area is 94.0 Å². The first-order valence-electron chi connectivity index (χ1n) is 5.57. The second-order valence-electron chi connectivity index (χ2n) is 5.08. The van der Waals surface area contributed by atoms with Gasteiger partial charge in [0.2, 0.25) is 0 Å². The van der Waals surface area contributed by atoms with Gasteiger partial charge in [-0.2, -0.15) is 0 Å². The summed E-state index contributed by atoms with van der Waals surface area (Å²) in [4.78, 5) is 11.7.